The molecule has 0 amide bonds. The summed E-state index contributed by atoms with van der Waals surface area (Å²) in [6.45, 7) is 13.6. The smallest absolute Gasteiger partial charge is 0.00854 e. The summed E-state index contributed by atoms with van der Waals surface area (Å²) in [4.78, 5) is 0. The topological polar surface area (TPSA) is 0 Å². The third kappa shape index (κ3) is 3.94. The van der Waals surface area contributed by atoms with Crippen LogP contribution in [-0.2, 0) is 0 Å². The van der Waals surface area contributed by atoms with Crippen molar-refractivity contribution in [2.24, 2.45) is 29.1 Å². The Morgan fingerprint density at radius 2 is 1.87 bits per heavy atom. The van der Waals surface area contributed by atoms with Gasteiger partial charge >= 0.3 is 0 Å². The van der Waals surface area contributed by atoms with Gasteiger partial charge < -0.3 is 0 Å². The fourth-order valence-corrected chi connectivity index (χ4v) is 6.18. The summed E-state index contributed by atoms with van der Waals surface area (Å²) in [5.41, 5.74) is 2.43. The molecular weight excluding hydrogens is 276 g/mol. The van der Waals surface area contributed by atoms with Crippen molar-refractivity contribution in [2.45, 2.75) is 91.4 Å². The van der Waals surface area contributed by atoms with Crippen molar-refractivity contribution in [2.75, 3.05) is 0 Å². The molecule has 5 atom stereocenters. The van der Waals surface area contributed by atoms with Gasteiger partial charge in [0.25, 0.3) is 0 Å². The first kappa shape index (κ1) is 18.8. The zero-order chi connectivity index (χ0) is 16.9. The molecule has 132 valence electrons. The van der Waals surface area contributed by atoms with Crippen molar-refractivity contribution in [3.8, 4) is 0 Å². The van der Waals surface area contributed by atoms with Crippen molar-refractivity contribution in [3.05, 3.63) is 24.8 Å². The Morgan fingerprint density at radius 1 is 1.13 bits per heavy atom. The first-order valence-electron chi connectivity index (χ1n) is 10.3. The highest BCUT2D eigenvalue weighted by molar-refractivity contribution is 5.21. The Morgan fingerprint density at radius 3 is 2.61 bits per heavy atom. The molecule has 0 heteroatoms. The van der Waals surface area contributed by atoms with Gasteiger partial charge in [-0.1, -0.05) is 58.1 Å². The third-order valence-electron chi connectivity index (χ3n) is 7.54. The van der Waals surface area contributed by atoms with Gasteiger partial charge in [-0.15, -0.1) is 13.2 Å². The van der Waals surface area contributed by atoms with E-state index >= 15 is 0 Å². The highest BCUT2D eigenvalue weighted by Gasteiger charge is 2.45. The standard InChI is InChI=1S/C21H36.C2H4/c1-4-17-9-5-6-11-20-18(15-16(17)2)12-13-19-10-7-8-14-21(19,20)3;1-2/h10,16-18,20H,4-9,11-15H2,1-3H3;1-2H2. The van der Waals surface area contributed by atoms with Crippen molar-refractivity contribution < 1.29 is 0 Å². The predicted molar refractivity (Wildman–Crippen MR) is 104 cm³/mol. The zero-order valence-electron chi connectivity index (χ0n) is 16.1. The first-order chi connectivity index (χ1) is 11.1. The largest absolute Gasteiger partial charge is 0.106 e. The van der Waals surface area contributed by atoms with Gasteiger partial charge in [-0.2, -0.15) is 0 Å². The summed E-state index contributed by atoms with van der Waals surface area (Å²) >= 11 is 0. The monoisotopic (exact) mass is 316 g/mol. The maximum Gasteiger partial charge on any atom is -0.00854 e. The molecule has 0 N–H and O–H groups in total. The van der Waals surface area contributed by atoms with Crippen LogP contribution in [0.1, 0.15) is 91.4 Å². The molecule has 2 fully saturated rings. The average molecular weight is 317 g/mol. The molecule has 0 aromatic rings. The molecule has 5 unspecified atom stereocenters. The van der Waals surface area contributed by atoms with Crippen molar-refractivity contribution in [1.82, 2.24) is 0 Å². The zero-order valence-corrected chi connectivity index (χ0v) is 16.1. The molecule has 0 aliphatic heterocycles. The summed E-state index contributed by atoms with van der Waals surface area (Å²) in [5.74, 6) is 3.97. The minimum Gasteiger partial charge on any atom is -0.106 e. The van der Waals surface area contributed by atoms with E-state index in [4.69, 9.17) is 0 Å². The highest BCUT2D eigenvalue weighted by Crippen LogP contribution is 2.56. The SMILES string of the molecule is C=C.CCC1CCCCC2C(CCC3=CCCCC32C)CC1C. The van der Waals surface area contributed by atoms with E-state index in [0.717, 1.165) is 23.7 Å². The van der Waals surface area contributed by atoms with Gasteiger partial charge in [-0.3, -0.25) is 0 Å². The van der Waals surface area contributed by atoms with Crippen LogP contribution < -0.4 is 0 Å². The number of hydrogen-bond acceptors (Lipinski definition) is 0. The molecule has 0 spiro atoms. The summed E-state index contributed by atoms with van der Waals surface area (Å²) in [5, 5.41) is 0. The van der Waals surface area contributed by atoms with Crippen LogP contribution in [0.15, 0.2) is 24.8 Å². The van der Waals surface area contributed by atoms with E-state index < -0.39 is 0 Å². The lowest BCUT2D eigenvalue weighted by Gasteiger charge is -2.51. The van der Waals surface area contributed by atoms with Crippen LogP contribution in [0.5, 0.6) is 0 Å². The van der Waals surface area contributed by atoms with Crippen LogP contribution in [0.4, 0.5) is 0 Å². The molecule has 3 aliphatic rings. The van der Waals surface area contributed by atoms with Crippen LogP contribution in [0.2, 0.25) is 0 Å². The second-order valence-electron chi connectivity index (χ2n) is 8.61. The van der Waals surface area contributed by atoms with Crippen LogP contribution >= 0.6 is 0 Å². The van der Waals surface area contributed by atoms with Crippen LogP contribution in [-0.4, -0.2) is 0 Å². The van der Waals surface area contributed by atoms with E-state index in [2.05, 4.69) is 40.0 Å². The highest BCUT2D eigenvalue weighted by atomic mass is 14.5. The number of rotatable bonds is 1. The Kier molecular flexibility index (Phi) is 6.99. The minimum atomic E-state index is 0.576. The van der Waals surface area contributed by atoms with E-state index in [-0.39, 0.29) is 0 Å². The van der Waals surface area contributed by atoms with E-state index in [1.807, 2.05) is 5.57 Å². The van der Waals surface area contributed by atoms with E-state index in [0.29, 0.717) is 5.41 Å². The molecule has 0 aromatic heterocycles. The first-order valence-corrected chi connectivity index (χ1v) is 10.3. The molecule has 0 saturated heterocycles. The lowest BCUT2D eigenvalue weighted by atomic mass is 9.54. The molecule has 0 radical (unpaired) electrons. The van der Waals surface area contributed by atoms with Crippen molar-refractivity contribution in [3.63, 3.8) is 0 Å². The molecule has 3 aliphatic carbocycles. The molecule has 3 rings (SSSR count). The number of allylic oxidation sites excluding steroid dienone is 2. The second-order valence-corrected chi connectivity index (χ2v) is 8.61. The van der Waals surface area contributed by atoms with Gasteiger partial charge in [0.2, 0.25) is 0 Å². The van der Waals surface area contributed by atoms with Crippen molar-refractivity contribution in [1.29, 1.82) is 0 Å². The maximum absolute atomic E-state index is 3.00. The van der Waals surface area contributed by atoms with E-state index in [1.165, 1.54) is 70.6 Å². The van der Waals surface area contributed by atoms with Gasteiger partial charge in [0, 0.05) is 0 Å². The fourth-order valence-electron chi connectivity index (χ4n) is 6.18. The summed E-state index contributed by atoms with van der Waals surface area (Å²) in [6, 6.07) is 0. The molecule has 2 saturated carbocycles. The molecule has 0 nitrogen and oxygen atoms in total. The van der Waals surface area contributed by atoms with Crippen LogP contribution in [0, 0.1) is 29.1 Å². The van der Waals surface area contributed by atoms with E-state index in [1.54, 1.807) is 0 Å². The second kappa shape index (κ2) is 8.54. The normalized spacial score (nSPS) is 40.9. The quantitative estimate of drug-likeness (QED) is 0.438. The molecule has 0 aromatic carbocycles. The lowest BCUT2D eigenvalue weighted by Crippen LogP contribution is -2.40. The molecule has 0 heterocycles. The lowest BCUT2D eigenvalue weighted by molar-refractivity contribution is 0.0690. The van der Waals surface area contributed by atoms with Gasteiger partial charge in [-0.25, -0.2) is 0 Å². The van der Waals surface area contributed by atoms with E-state index in [9.17, 15) is 0 Å². The minimum absolute atomic E-state index is 0.576. The van der Waals surface area contributed by atoms with Gasteiger partial charge in [0.05, 0.1) is 0 Å². The molecule has 23 heavy (non-hydrogen) atoms. The van der Waals surface area contributed by atoms with Crippen molar-refractivity contribution >= 4 is 0 Å². The number of hydrogen-bond donors (Lipinski definition) is 0. The van der Waals surface area contributed by atoms with Gasteiger partial charge in [-0.05, 0) is 74.0 Å². The Hall–Kier alpha value is -0.520. The average Bonchev–Trinajstić information content (AvgIpc) is 2.65. The molecular formula is C23H40. The summed E-state index contributed by atoms with van der Waals surface area (Å²) in [7, 11) is 0. The molecule has 0 bridgehead atoms. The fraction of sp³-hybridized carbons (Fsp3) is 0.826. The Bertz CT molecular complexity index is 393. The van der Waals surface area contributed by atoms with Gasteiger partial charge in [0.1, 0.15) is 0 Å². The summed E-state index contributed by atoms with van der Waals surface area (Å²) < 4.78 is 0. The van der Waals surface area contributed by atoms with Crippen LogP contribution in [0.25, 0.3) is 0 Å². The van der Waals surface area contributed by atoms with Crippen LogP contribution in [0.3, 0.4) is 0 Å². The Balaban J connectivity index is 0.000000924. The van der Waals surface area contributed by atoms with Gasteiger partial charge in [0.15, 0.2) is 0 Å². The summed E-state index contributed by atoms with van der Waals surface area (Å²) in [6.07, 6.45) is 18.7. The maximum atomic E-state index is 3.00. The Labute approximate surface area is 145 Å². The third-order valence-corrected chi connectivity index (χ3v) is 7.54. The number of fused-ring (bicyclic) bond motifs is 3. The predicted octanol–water partition coefficient (Wildman–Crippen LogP) is 7.56.